The largest absolute Gasteiger partial charge is 0.392 e. The van der Waals surface area contributed by atoms with Crippen molar-refractivity contribution in [2.75, 3.05) is 0 Å². The van der Waals surface area contributed by atoms with Gasteiger partial charge >= 0.3 is 0 Å². The van der Waals surface area contributed by atoms with E-state index < -0.39 is 0 Å². The molecular formula is C11H18N2O. The lowest BCUT2D eigenvalue weighted by Crippen LogP contribution is -2.34. The monoisotopic (exact) mass is 194 g/mol. The Balaban J connectivity index is 1.82. The topological polar surface area (TPSA) is 37.2 Å². The molecule has 1 saturated carbocycles. The summed E-state index contributed by atoms with van der Waals surface area (Å²) >= 11 is 0. The summed E-state index contributed by atoms with van der Waals surface area (Å²) in [7, 11) is 2.02. The molecule has 1 fully saturated rings. The van der Waals surface area contributed by atoms with Crippen LogP contribution < -0.4 is 5.32 Å². The van der Waals surface area contributed by atoms with Gasteiger partial charge in [-0.25, -0.2) is 0 Å². The van der Waals surface area contributed by atoms with Gasteiger partial charge in [0.05, 0.1) is 6.10 Å². The summed E-state index contributed by atoms with van der Waals surface area (Å²) in [5.41, 5.74) is 1.28. The molecule has 0 amide bonds. The lowest BCUT2D eigenvalue weighted by Gasteiger charge is -2.15. The fourth-order valence-electron chi connectivity index (χ4n) is 2.09. The first-order valence-electron chi connectivity index (χ1n) is 5.28. The molecule has 1 aliphatic carbocycles. The summed E-state index contributed by atoms with van der Waals surface area (Å²) in [6.45, 7) is 0.864. The molecule has 2 N–H and O–H groups in total. The normalized spacial score (nSPS) is 27.0. The predicted octanol–water partition coefficient (Wildman–Crippen LogP) is 1.03. The van der Waals surface area contributed by atoms with Crippen molar-refractivity contribution in [2.45, 2.75) is 38.0 Å². The number of hydrogen-bond donors (Lipinski definition) is 2. The van der Waals surface area contributed by atoms with Gasteiger partial charge in [0, 0.05) is 32.0 Å². The van der Waals surface area contributed by atoms with E-state index in [1.165, 1.54) is 5.56 Å². The van der Waals surface area contributed by atoms with Gasteiger partial charge in [-0.05, 0) is 30.9 Å². The maximum atomic E-state index is 9.60. The molecule has 0 saturated heterocycles. The van der Waals surface area contributed by atoms with Crippen LogP contribution in [0.5, 0.6) is 0 Å². The van der Waals surface area contributed by atoms with E-state index in [2.05, 4.69) is 17.6 Å². The van der Waals surface area contributed by atoms with Crippen molar-refractivity contribution in [1.82, 2.24) is 9.88 Å². The highest BCUT2D eigenvalue weighted by atomic mass is 16.3. The number of nitrogens with one attached hydrogen (secondary N) is 1. The average Bonchev–Trinajstić information content (AvgIpc) is 2.72. The van der Waals surface area contributed by atoms with Crippen LogP contribution in [0.2, 0.25) is 0 Å². The Kier molecular flexibility index (Phi) is 2.89. The molecule has 2 rings (SSSR count). The minimum Gasteiger partial charge on any atom is -0.392 e. The van der Waals surface area contributed by atoms with Crippen LogP contribution in [0.1, 0.15) is 24.8 Å². The van der Waals surface area contributed by atoms with E-state index >= 15 is 0 Å². The molecule has 0 spiro atoms. The lowest BCUT2D eigenvalue weighted by molar-refractivity contribution is 0.148. The molecule has 3 nitrogen and oxygen atoms in total. The number of aliphatic hydroxyl groups is 1. The van der Waals surface area contributed by atoms with Gasteiger partial charge in [0.15, 0.2) is 0 Å². The molecule has 1 heterocycles. The molecule has 14 heavy (non-hydrogen) atoms. The molecule has 0 aliphatic heterocycles. The zero-order valence-electron chi connectivity index (χ0n) is 8.61. The first-order valence-corrected chi connectivity index (χ1v) is 5.28. The lowest BCUT2D eigenvalue weighted by atomic mass is 10.2. The third-order valence-electron chi connectivity index (χ3n) is 2.94. The summed E-state index contributed by atoms with van der Waals surface area (Å²) in [5, 5.41) is 13.0. The SMILES string of the molecule is Cn1ccc(CNC2CCCC2O)c1. The molecule has 1 aromatic rings. The summed E-state index contributed by atoms with van der Waals surface area (Å²) in [6.07, 6.45) is 7.21. The van der Waals surface area contributed by atoms with Crippen LogP contribution in [0.15, 0.2) is 18.5 Å². The summed E-state index contributed by atoms with van der Waals surface area (Å²) in [4.78, 5) is 0. The Bertz CT molecular complexity index is 295. The summed E-state index contributed by atoms with van der Waals surface area (Å²) in [5.74, 6) is 0. The van der Waals surface area contributed by atoms with Gasteiger partial charge < -0.3 is 15.0 Å². The first kappa shape index (κ1) is 9.74. The zero-order chi connectivity index (χ0) is 9.97. The Labute approximate surface area is 84.7 Å². The smallest absolute Gasteiger partial charge is 0.0693 e. The van der Waals surface area contributed by atoms with Crippen LogP contribution in [-0.2, 0) is 13.6 Å². The number of aromatic nitrogens is 1. The minimum atomic E-state index is -0.140. The van der Waals surface area contributed by atoms with E-state index in [0.29, 0.717) is 6.04 Å². The fourth-order valence-corrected chi connectivity index (χ4v) is 2.09. The second kappa shape index (κ2) is 4.15. The van der Waals surface area contributed by atoms with Gasteiger partial charge in [-0.15, -0.1) is 0 Å². The van der Waals surface area contributed by atoms with Crippen molar-refractivity contribution in [3.8, 4) is 0 Å². The molecule has 0 bridgehead atoms. The summed E-state index contributed by atoms with van der Waals surface area (Å²) < 4.78 is 2.04. The molecular weight excluding hydrogens is 176 g/mol. The van der Waals surface area contributed by atoms with E-state index in [-0.39, 0.29) is 6.10 Å². The van der Waals surface area contributed by atoms with Crippen LogP contribution in [-0.4, -0.2) is 21.8 Å². The Morgan fingerprint density at radius 3 is 3.00 bits per heavy atom. The van der Waals surface area contributed by atoms with E-state index in [0.717, 1.165) is 25.8 Å². The highest BCUT2D eigenvalue weighted by Gasteiger charge is 2.24. The standard InChI is InChI=1S/C11H18N2O/c1-13-6-5-9(8-13)7-12-10-3-2-4-11(10)14/h5-6,8,10-12,14H,2-4,7H2,1H3. The number of aliphatic hydroxyl groups excluding tert-OH is 1. The third-order valence-corrected chi connectivity index (χ3v) is 2.94. The van der Waals surface area contributed by atoms with Crippen LogP contribution in [0.25, 0.3) is 0 Å². The predicted molar refractivity (Wildman–Crippen MR) is 55.9 cm³/mol. The highest BCUT2D eigenvalue weighted by Crippen LogP contribution is 2.19. The van der Waals surface area contributed by atoms with Crippen molar-refractivity contribution in [2.24, 2.45) is 7.05 Å². The van der Waals surface area contributed by atoms with Gasteiger partial charge in [-0.3, -0.25) is 0 Å². The Morgan fingerprint density at radius 2 is 2.43 bits per heavy atom. The maximum Gasteiger partial charge on any atom is 0.0693 e. The van der Waals surface area contributed by atoms with Crippen molar-refractivity contribution < 1.29 is 5.11 Å². The molecule has 1 aliphatic rings. The third kappa shape index (κ3) is 2.16. The van der Waals surface area contributed by atoms with E-state index in [9.17, 15) is 5.11 Å². The molecule has 0 aromatic carbocycles. The van der Waals surface area contributed by atoms with Gasteiger partial charge in [0.1, 0.15) is 0 Å². The van der Waals surface area contributed by atoms with Crippen LogP contribution in [0, 0.1) is 0 Å². The highest BCUT2D eigenvalue weighted by molar-refractivity contribution is 5.09. The average molecular weight is 194 g/mol. The number of rotatable bonds is 3. The number of nitrogens with zero attached hydrogens (tertiary/aromatic N) is 1. The van der Waals surface area contributed by atoms with Gasteiger partial charge in [-0.2, -0.15) is 0 Å². The quantitative estimate of drug-likeness (QED) is 0.754. The second-order valence-electron chi connectivity index (χ2n) is 4.17. The van der Waals surface area contributed by atoms with Gasteiger partial charge in [0.2, 0.25) is 0 Å². The van der Waals surface area contributed by atoms with E-state index in [1.807, 2.05) is 17.8 Å². The van der Waals surface area contributed by atoms with Gasteiger partial charge in [-0.1, -0.05) is 0 Å². The molecule has 2 unspecified atom stereocenters. The van der Waals surface area contributed by atoms with Crippen molar-refractivity contribution in [3.63, 3.8) is 0 Å². The molecule has 1 aromatic heterocycles. The summed E-state index contributed by atoms with van der Waals surface area (Å²) in [6, 6.07) is 2.41. The molecule has 78 valence electrons. The fraction of sp³-hybridized carbons (Fsp3) is 0.636. The Hall–Kier alpha value is -0.800. The Morgan fingerprint density at radius 1 is 1.57 bits per heavy atom. The molecule has 3 heteroatoms. The van der Waals surface area contributed by atoms with E-state index in [4.69, 9.17) is 0 Å². The van der Waals surface area contributed by atoms with Crippen LogP contribution >= 0.6 is 0 Å². The van der Waals surface area contributed by atoms with Crippen molar-refractivity contribution in [1.29, 1.82) is 0 Å². The van der Waals surface area contributed by atoms with E-state index in [1.54, 1.807) is 0 Å². The number of aryl methyl sites for hydroxylation is 1. The first-order chi connectivity index (χ1) is 6.75. The van der Waals surface area contributed by atoms with Crippen molar-refractivity contribution in [3.05, 3.63) is 24.0 Å². The van der Waals surface area contributed by atoms with Crippen LogP contribution in [0.4, 0.5) is 0 Å². The second-order valence-corrected chi connectivity index (χ2v) is 4.17. The number of hydrogen-bond acceptors (Lipinski definition) is 2. The molecule has 2 atom stereocenters. The van der Waals surface area contributed by atoms with Gasteiger partial charge in [0.25, 0.3) is 0 Å². The van der Waals surface area contributed by atoms with Crippen LogP contribution in [0.3, 0.4) is 0 Å². The maximum absolute atomic E-state index is 9.60. The molecule has 0 radical (unpaired) electrons. The minimum absolute atomic E-state index is 0.140. The zero-order valence-corrected chi connectivity index (χ0v) is 8.61. The van der Waals surface area contributed by atoms with Crippen molar-refractivity contribution >= 4 is 0 Å².